The summed E-state index contributed by atoms with van der Waals surface area (Å²) < 4.78 is 33.1. The van der Waals surface area contributed by atoms with Crippen molar-refractivity contribution in [1.29, 1.82) is 0 Å². The number of nitrogens with one attached hydrogen (secondary N) is 1. The summed E-state index contributed by atoms with van der Waals surface area (Å²) in [5.41, 5.74) is 4.42. The van der Waals surface area contributed by atoms with Crippen LogP contribution in [0.4, 0.5) is 0 Å². The highest BCUT2D eigenvalue weighted by Gasteiger charge is 2.55. The smallest absolute Gasteiger partial charge is 0.412 e. The molecule has 0 bridgehead atoms. The number of hydrogen-bond donors (Lipinski definition) is 1. The summed E-state index contributed by atoms with van der Waals surface area (Å²) in [5, 5.41) is 9.23. The zero-order chi connectivity index (χ0) is 52.2. The van der Waals surface area contributed by atoms with Crippen molar-refractivity contribution in [2.45, 2.75) is 51.4 Å². The van der Waals surface area contributed by atoms with E-state index >= 15 is 0 Å². The Morgan fingerprint density at radius 3 is 2.19 bits per heavy atom. The van der Waals surface area contributed by atoms with Crippen LogP contribution in [0.1, 0.15) is 57.0 Å². The maximum Gasteiger partial charge on any atom is 0.412 e. The average molecular weight is 1060 g/mol. The highest BCUT2D eigenvalue weighted by molar-refractivity contribution is 8.00. The number of rotatable bonds is 25. The van der Waals surface area contributed by atoms with E-state index in [1.165, 1.54) is 35.5 Å². The maximum atomic E-state index is 14.1. The van der Waals surface area contributed by atoms with Gasteiger partial charge in [-0.2, -0.15) is 0 Å². The molecule has 74 heavy (non-hydrogen) atoms. The number of nitrogens with zero attached hydrogens (tertiary/aromatic N) is 4. The Kier molecular flexibility index (Phi) is 18.0. The van der Waals surface area contributed by atoms with E-state index in [1.54, 1.807) is 62.9 Å². The molecule has 0 unspecified atom stereocenters. The van der Waals surface area contributed by atoms with Gasteiger partial charge in [0.25, 0.3) is 12.4 Å². The molecule has 4 heterocycles. The molecule has 0 spiro atoms. The molecule has 0 saturated carbocycles. The number of β-lactam (4-membered cyclic amide) rings is 1. The number of carbonyl (C=O) groups is 5. The molecule has 8 rings (SSSR count). The van der Waals surface area contributed by atoms with Gasteiger partial charge in [0.2, 0.25) is 5.91 Å². The van der Waals surface area contributed by atoms with Crippen molar-refractivity contribution in [3.63, 3.8) is 0 Å². The van der Waals surface area contributed by atoms with Gasteiger partial charge >= 0.3 is 21.5 Å². The van der Waals surface area contributed by atoms with Crippen LogP contribution in [-0.2, 0) is 53.1 Å². The molecular formula is C52H52B2ClN5O12S2+. The van der Waals surface area contributed by atoms with E-state index in [0.717, 1.165) is 42.6 Å². The number of hydrogen-bond acceptors (Lipinski definition) is 16. The Morgan fingerprint density at radius 1 is 0.919 bits per heavy atom. The number of oxime groups is 1. The van der Waals surface area contributed by atoms with Gasteiger partial charge in [-0.1, -0.05) is 65.3 Å². The number of benzene rings is 4. The summed E-state index contributed by atoms with van der Waals surface area (Å²) in [7, 11) is 10.0. The van der Waals surface area contributed by atoms with E-state index in [2.05, 4.69) is 20.1 Å². The van der Waals surface area contributed by atoms with Gasteiger partial charge in [-0.25, -0.2) is 9.78 Å². The zero-order valence-electron chi connectivity index (χ0n) is 40.9. The third kappa shape index (κ3) is 12.7. The lowest BCUT2D eigenvalue weighted by molar-refractivity contribution is -0.911. The fraction of sp³-hybridized carbons (Fsp3) is 0.327. The van der Waals surface area contributed by atoms with Gasteiger partial charge in [0, 0.05) is 36.0 Å². The second kappa shape index (κ2) is 25.0. The number of methoxy groups -OCH3 is 2. The monoisotopic (exact) mass is 1060 g/mol. The molecule has 2 amide bonds. The van der Waals surface area contributed by atoms with Gasteiger partial charge in [0.1, 0.15) is 49.3 Å². The summed E-state index contributed by atoms with van der Waals surface area (Å²) in [4.78, 5) is 77.6. The van der Waals surface area contributed by atoms with Gasteiger partial charge in [-0.05, 0) is 65.5 Å². The Balaban J connectivity index is 0.931. The number of fused-ring (bicyclic) bond motifs is 1. The quantitative estimate of drug-likeness (QED) is 0.0178. The van der Waals surface area contributed by atoms with Crippen molar-refractivity contribution in [3.05, 3.63) is 140 Å². The molecule has 17 nitrogen and oxygen atoms in total. The highest BCUT2D eigenvalue weighted by atomic mass is 35.5. The third-order valence-electron chi connectivity index (χ3n) is 12.9. The van der Waals surface area contributed by atoms with Crippen molar-refractivity contribution in [2.24, 2.45) is 11.1 Å². The largest absolute Gasteiger partial charge is 0.539 e. The van der Waals surface area contributed by atoms with Gasteiger partial charge in [-0.15, -0.1) is 23.1 Å². The minimum atomic E-state index is -0.846. The number of carbonyl (C=O) groups excluding carboxylic acids is 5. The van der Waals surface area contributed by atoms with Gasteiger partial charge in [0.05, 0.1) is 67.3 Å². The lowest BCUT2D eigenvalue weighted by Gasteiger charge is -2.50. The predicted octanol–water partition coefficient (Wildman–Crippen LogP) is 6.03. The topological polar surface area (TPSA) is 190 Å². The van der Waals surface area contributed by atoms with E-state index in [0.29, 0.717) is 68.8 Å². The molecule has 22 heteroatoms. The molecule has 2 atom stereocenters. The normalized spacial score (nSPS) is 16.8. The summed E-state index contributed by atoms with van der Waals surface area (Å²) in [6.07, 6.45) is 1.65. The fourth-order valence-corrected chi connectivity index (χ4v) is 11.4. The van der Waals surface area contributed by atoms with Crippen LogP contribution < -0.4 is 29.7 Å². The Morgan fingerprint density at radius 2 is 1.57 bits per heavy atom. The van der Waals surface area contributed by atoms with Gasteiger partial charge in [-0.3, -0.25) is 24.1 Å². The number of thioether (sulfide) groups is 1. The first-order chi connectivity index (χ1) is 35.9. The summed E-state index contributed by atoms with van der Waals surface area (Å²) in [5.74, 6) is -0.511. The SMILES string of the molecule is [B]OC(=O)C1=C(C[N+]2(CCNC(=O)c3ccc(OCc4ccc(OC)cc4)c(OCc4ccc(OC)cc4)c3Cl)CCCC2)CS[C@@H]2[C@H](CC(=O)/C(=N\OCc3ccc([B]OC=O)cc3)c3csc(C)n3)C(=O)N12. The van der Waals surface area contributed by atoms with Crippen LogP contribution in [0.15, 0.2) is 107 Å². The first-order valence-corrected chi connectivity index (χ1v) is 26.0. The number of aryl methyl sites for hydroxylation is 1. The van der Waals surface area contributed by atoms with Crippen LogP contribution >= 0.6 is 34.7 Å². The number of thiazole rings is 1. The molecule has 3 aliphatic rings. The molecule has 0 aliphatic carbocycles. The minimum Gasteiger partial charge on any atom is -0.539 e. The molecule has 3 radical (unpaired) electrons. The predicted molar refractivity (Wildman–Crippen MR) is 280 cm³/mol. The summed E-state index contributed by atoms with van der Waals surface area (Å²) >= 11 is 9.81. The molecule has 381 valence electrons. The van der Waals surface area contributed by atoms with Gasteiger partial charge < -0.3 is 42.9 Å². The number of aromatic nitrogens is 1. The van der Waals surface area contributed by atoms with Crippen molar-refractivity contribution >= 4 is 91.4 Å². The molecule has 1 N–H and O–H groups in total. The van der Waals surface area contributed by atoms with Crippen molar-refractivity contribution in [2.75, 3.05) is 52.7 Å². The van der Waals surface area contributed by atoms with Crippen LogP contribution in [0.3, 0.4) is 0 Å². The van der Waals surface area contributed by atoms with Crippen LogP contribution in [0.5, 0.6) is 23.0 Å². The first kappa shape index (κ1) is 53.5. The number of quaternary nitrogens is 1. The molecular weight excluding hydrogens is 1010 g/mol. The molecule has 5 aromatic rings. The zero-order valence-corrected chi connectivity index (χ0v) is 43.3. The molecule has 4 aromatic carbocycles. The second-order valence-electron chi connectivity index (χ2n) is 17.7. The number of likely N-dealkylation sites (tertiary alicyclic amines) is 1. The lowest BCUT2D eigenvalue weighted by Crippen LogP contribution is -2.63. The second-order valence-corrected chi connectivity index (χ2v) is 20.3. The molecule has 2 saturated heterocycles. The Labute approximate surface area is 443 Å². The molecule has 1 aromatic heterocycles. The average Bonchev–Trinajstić information content (AvgIpc) is 4.08. The number of Topliss-reactive ketones (excluding diaryl/α,β-unsaturated/α-hetero) is 1. The Bertz CT molecular complexity index is 2900. The molecule has 2 fully saturated rings. The number of amides is 2. The maximum absolute atomic E-state index is 14.1. The first-order valence-electron chi connectivity index (χ1n) is 23.6. The summed E-state index contributed by atoms with van der Waals surface area (Å²) in [6.45, 7) is 5.25. The van der Waals surface area contributed by atoms with Crippen LogP contribution in [-0.4, -0.2) is 124 Å². The molecule has 3 aliphatic heterocycles. The highest BCUT2D eigenvalue weighted by Crippen LogP contribution is 2.46. The van der Waals surface area contributed by atoms with Crippen molar-refractivity contribution in [3.8, 4) is 23.0 Å². The lowest BCUT2D eigenvalue weighted by atomic mass is 9.88. The Hall–Kier alpha value is -6.80. The fourth-order valence-electron chi connectivity index (χ4n) is 9.06. The van der Waals surface area contributed by atoms with Crippen molar-refractivity contribution in [1.82, 2.24) is 15.2 Å². The minimum absolute atomic E-state index is 0.0244. The van der Waals surface area contributed by atoms with E-state index in [-0.39, 0.29) is 60.5 Å². The van der Waals surface area contributed by atoms with Crippen LogP contribution in [0.25, 0.3) is 0 Å². The van der Waals surface area contributed by atoms with E-state index in [1.807, 2.05) is 48.5 Å². The number of ketones is 1. The van der Waals surface area contributed by atoms with Crippen LogP contribution in [0, 0.1) is 12.8 Å². The van der Waals surface area contributed by atoms with Crippen LogP contribution in [0.2, 0.25) is 5.02 Å². The van der Waals surface area contributed by atoms with E-state index in [4.69, 9.17) is 48.1 Å². The third-order valence-corrected chi connectivity index (χ3v) is 15.5. The summed E-state index contributed by atoms with van der Waals surface area (Å²) in [6, 6.07) is 25.1. The van der Waals surface area contributed by atoms with Crippen molar-refractivity contribution < 1.29 is 61.5 Å². The number of ether oxygens (including phenoxy) is 4. The standard InChI is InChI=1S/C52H51B2ClN5O12S2/c1-32-57-42(30-73-32)46(58-71-28-35-6-12-37(13-7-35)54-70-31-61)43(62)24-41-50(64)59-47(52(65)72-53)36(29-74-51(41)59)25-60(21-4-5-22-60)23-20-56-49(63)40-18-19-44(68-26-33-8-14-38(66-2)15-9-33)48(45(40)55)69-27-34-10-16-39(67-3)17-11-34/h6-19,30-31,41,51H,4-5,20-29H2,1-3H3/p+1/b58-46-/t41-,51-/m1/s1. The number of halogens is 1. The van der Waals surface area contributed by atoms with E-state index < -0.39 is 34.9 Å². The van der Waals surface area contributed by atoms with E-state index in [9.17, 15) is 24.0 Å². The van der Waals surface area contributed by atoms with Gasteiger partial charge in [0.15, 0.2) is 23.0 Å².